The normalized spacial score (nSPS) is 10.6. The molecule has 0 atom stereocenters. The lowest BCUT2D eigenvalue weighted by Gasteiger charge is -2.04. The van der Waals surface area contributed by atoms with Gasteiger partial charge in [0.05, 0.1) is 11.3 Å². The smallest absolute Gasteiger partial charge is 0.338 e. The molecule has 4 rings (SSSR count). The molecule has 0 saturated carbocycles. The minimum absolute atomic E-state index is 0.0938. The number of carbonyl (C=O) groups is 1. The van der Waals surface area contributed by atoms with Crippen LogP contribution in [0, 0.1) is 0 Å². The average Bonchev–Trinajstić information content (AvgIpc) is 3.39. The Bertz CT molecular complexity index is 995. The van der Waals surface area contributed by atoms with Gasteiger partial charge in [0.1, 0.15) is 12.7 Å². The number of benzene rings is 2. The topological polar surface area (TPSA) is 95.9 Å². The van der Waals surface area contributed by atoms with Crippen LogP contribution in [0.3, 0.4) is 0 Å². The number of aromatic nitrogens is 5. The molecule has 2 aromatic heterocycles. The van der Waals surface area contributed by atoms with Crippen molar-refractivity contribution in [2.75, 3.05) is 0 Å². The van der Waals surface area contributed by atoms with E-state index in [-0.39, 0.29) is 12.5 Å². The van der Waals surface area contributed by atoms with Crippen LogP contribution in [-0.4, -0.2) is 30.9 Å². The summed E-state index contributed by atoms with van der Waals surface area (Å²) in [5, 5.41) is 7.91. The van der Waals surface area contributed by atoms with Gasteiger partial charge >= 0.3 is 5.97 Å². The van der Waals surface area contributed by atoms with Gasteiger partial charge < -0.3 is 9.26 Å². The Morgan fingerprint density at radius 2 is 1.88 bits per heavy atom. The van der Waals surface area contributed by atoms with Crippen LogP contribution in [0.4, 0.5) is 0 Å². The second kappa shape index (κ2) is 6.98. The van der Waals surface area contributed by atoms with Gasteiger partial charge in [-0.05, 0) is 24.3 Å². The van der Waals surface area contributed by atoms with Crippen molar-refractivity contribution in [3.8, 4) is 17.1 Å². The highest BCUT2D eigenvalue weighted by atomic mass is 16.6. The van der Waals surface area contributed by atoms with Gasteiger partial charge in [-0.15, -0.1) is 0 Å². The third-order valence-corrected chi connectivity index (χ3v) is 3.61. The lowest BCUT2D eigenvalue weighted by Crippen LogP contribution is -2.06. The highest BCUT2D eigenvalue weighted by Crippen LogP contribution is 2.15. The van der Waals surface area contributed by atoms with Crippen molar-refractivity contribution < 1.29 is 14.1 Å². The Balaban J connectivity index is 1.39. The molecule has 8 heteroatoms. The summed E-state index contributed by atoms with van der Waals surface area (Å²) in [6.07, 6.45) is 3.02. The summed E-state index contributed by atoms with van der Waals surface area (Å²) < 4.78 is 11.9. The number of nitrogens with zero attached hydrogens (tertiary/aromatic N) is 5. The number of hydrogen-bond donors (Lipinski definition) is 0. The van der Waals surface area contributed by atoms with Gasteiger partial charge in [0.2, 0.25) is 5.82 Å². The van der Waals surface area contributed by atoms with Crippen LogP contribution in [-0.2, 0) is 11.3 Å². The third kappa shape index (κ3) is 3.34. The zero-order chi connectivity index (χ0) is 17.8. The van der Waals surface area contributed by atoms with Gasteiger partial charge in [-0.1, -0.05) is 35.5 Å². The molecule has 0 aliphatic heterocycles. The molecule has 0 aliphatic carbocycles. The molecule has 0 unspecified atom stereocenters. The molecule has 0 spiro atoms. The molecule has 26 heavy (non-hydrogen) atoms. The summed E-state index contributed by atoms with van der Waals surface area (Å²) in [5.41, 5.74) is 2.04. The third-order valence-electron chi connectivity index (χ3n) is 3.61. The maximum absolute atomic E-state index is 12.1. The Labute approximate surface area is 148 Å². The molecule has 2 heterocycles. The van der Waals surface area contributed by atoms with Gasteiger partial charge in [-0.25, -0.2) is 14.5 Å². The fourth-order valence-electron chi connectivity index (χ4n) is 2.32. The molecular formula is C18H13N5O3. The van der Waals surface area contributed by atoms with Crippen molar-refractivity contribution in [2.45, 2.75) is 6.61 Å². The quantitative estimate of drug-likeness (QED) is 0.512. The predicted molar refractivity (Wildman–Crippen MR) is 90.2 cm³/mol. The van der Waals surface area contributed by atoms with Crippen molar-refractivity contribution >= 4 is 5.97 Å². The molecule has 0 N–H and O–H groups in total. The van der Waals surface area contributed by atoms with Gasteiger partial charge in [-0.2, -0.15) is 10.1 Å². The van der Waals surface area contributed by atoms with Gasteiger partial charge in [0.25, 0.3) is 5.89 Å². The number of rotatable bonds is 5. The predicted octanol–water partition coefficient (Wildman–Crippen LogP) is 2.67. The Morgan fingerprint density at radius 1 is 1.08 bits per heavy atom. The van der Waals surface area contributed by atoms with E-state index < -0.39 is 5.97 Å². The van der Waals surface area contributed by atoms with Crippen molar-refractivity contribution in [1.29, 1.82) is 0 Å². The average molecular weight is 347 g/mol. The van der Waals surface area contributed by atoms with Crippen molar-refractivity contribution in [2.24, 2.45) is 0 Å². The van der Waals surface area contributed by atoms with Crippen LogP contribution in [0.5, 0.6) is 0 Å². The first-order valence-corrected chi connectivity index (χ1v) is 7.80. The van der Waals surface area contributed by atoms with E-state index in [9.17, 15) is 4.79 Å². The maximum Gasteiger partial charge on any atom is 0.338 e. The first-order valence-electron chi connectivity index (χ1n) is 7.80. The SMILES string of the molecule is O=C(OCc1nc(-c2ccccc2)no1)c1ccc(-n2cncn2)cc1. The van der Waals surface area contributed by atoms with E-state index in [4.69, 9.17) is 9.26 Å². The van der Waals surface area contributed by atoms with Gasteiger partial charge in [0.15, 0.2) is 6.61 Å². The molecule has 0 fully saturated rings. The molecule has 0 bridgehead atoms. The minimum atomic E-state index is -0.477. The van der Waals surface area contributed by atoms with E-state index in [1.807, 2.05) is 30.3 Å². The molecular weight excluding hydrogens is 334 g/mol. The Morgan fingerprint density at radius 3 is 2.62 bits per heavy atom. The summed E-state index contributed by atoms with van der Waals surface area (Å²) in [4.78, 5) is 20.2. The van der Waals surface area contributed by atoms with E-state index in [1.54, 1.807) is 35.3 Å². The van der Waals surface area contributed by atoms with E-state index in [2.05, 4.69) is 20.2 Å². The van der Waals surface area contributed by atoms with Crippen LogP contribution < -0.4 is 0 Å². The summed E-state index contributed by atoms with van der Waals surface area (Å²) in [7, 11) is 0. The fourth-order valence-corrected chi connectivity index (χ4v) is 2.32. The molecule has 4 aromatic rings. The number of hydrogen-bond acceptors (Lipinski definition) is 7. The van der Waals surface area contributed by atoms with Crippen LogP contribution in [0.15, 0.2) is 71.8 Å². The zero-order valence-electron chi connectivity index (χ0n) is 13.5. The molecule has 0 radical (unpaired) electrons. The highest BCUT2D eigenvalue weighted by molar-refractivity contribution is 5.89. The molecule has 0 aliphatic rings. The molecule has 128 valence electrons. The molecule has 0 saturated heterocycles. The van der Waals surface area contributed by atoms with Crippen molar-refractivity contribution in [3.05, 3.63) is 78.7 Å². The van der Waals surface area contributed by atoms with Gasteiger partial charge in [-0.3, -0.25) is 0 Å². The van der Waals surface area contributed by atoms with Crippen LogP contribution >= 0.6 is 0 Å². The fraction of sp³-hybridized carbons (Fsp3) is 0.0556. The second-order valence-electron chi connectivity index (χ2n) is 5.34. The van der Waals surface area contributed by atoms with E-state index >= 15 is 0 Å². The maximum atomic E-state index is 12.1. The largest absolute Gasteiger partial charge is 0.452 e. The van der Waals surface area contributed by atoms with E-state index in [0.29, 0.717) is 11.4 Å². The van der Waals surface area contributed by atoms with Gasteiger partial charge in [0, 0.05) is 5.56 Å². The summed E-state index contributed by atoms with van der Waals surface area (Å²) in [6.45, 7) is -0.0938. The first kappa shape index (κ1) is 15.7. The van der Waals surface area contributed by atoms with E-state index in [0.717, 1.165) is 11.3 Å². The van der Waals surface area contributed by atoms with Crippen LogP contribution in [0.25, 0.3) is 17.1 Å². The Hall–Kier alpha value is -3.81. The molecule has 2 aromatic carbocycles. The second-order valence-corrected chi connectivity index (χ2v) is 5.34. The lowest BCUT2D eigenvalue weighted by atomic mass is 10.2. The standard InChI is InChI=1S/C18H13N5O3/c24-18(14-6-8-15(9-7-14)23-12-19-11-20-23)25-10-16-21-17(22-26-16)13-4-2-1-3-5-13/h1-9,11-12H,10H2. The van der Waals surface area contributed by atoms with Crippen molar-refractivity contribution in [1.82, 2.24) is 24.9 Å². The summed E-state index contributed by atoms with van der Waals surface area (Å²) >= 11 is 0. The monoisotopic (exact) mass is 347 g/mol. The number of esters is 1. The highest BCUT2D eigenvalue weighted by Gasteiger charge is 2.12. The molecule has 0 amide bonds. The molecule has 8 nitrogen and oxygen atoms in total. The number of carbonyl (C=O) groups excluding carboxylic acids is 1. The van der Waals surface area contributed by atoms with Crippen molar-refractivity contribution in [3.63, 3.8) is 0 Å². The summed E-state index contributed by atoms with van der Waals surface area (Å²) in [6, 6.07) is 16.2. The number of ether oxygens (including phenoxy) is 1. The lowest BCUT2D eigenvalue weighted by molar-refractivity contribution is 0.0430. The van der Waals surface area contributed by atoms with Crippen LogP contribution in [0.2, 0.25) is 0 Å². The Kier molecular flexibility index (Phi) is 4.21. The van der Waals surface area contributed by atoms with E-state index in [1.165, 1.54) is 6.33 Å². The zero-order valence-corrected chi connectivity index (χ0v) is 13.5. The minimum Gasteiger partial charge on any atom is -0.452 e. The first-order chi connectivity index (χ1) is 12.8. The summed E-state index contributed by atoms with van der Waals surface area (Å²) in [5.74, 6) is 0.208. The van der Waals surface area contributed by atoms with Crippen LogP contribution in [0.1, 0.15) is 16.2 Å².